The summed E-state index contributed by atoms with van der Waals surface area (Å²) < 4.78 is 0. The Morgan fingerprint density at radius 1 is 1.20 bits per heavy atom. The minimum absolute atomic E-state index is 0.182. The van der Waals surface area contributed by atoms with E-state index in [9.17, 15) is 4.79 Å². The quantitative estimate of drug-likeness (QED) is 0.875. The van der Waals surface area contributed by atoms with Crippen LogP contribution in [0.3, 0.4) is 0 Å². The average Bonchev–Trinajstić information content (AvgIpc) is 3.31. The topological polar surface area (TPSA) is 54.0 Å². The number of nitrogens with zero attached hydrogens (tertiary/aromatic N) is 1. The summed E-state index contributed by atoms with van der Waals surface area (Å²) in [6.07, 6.45) is 4.16. The monoisotopic (exact) mass is 267 g/mol. The Morgan fingerprint density at radius 3 is 2.85 bits per heavy atom. The van der Waals surface area contributed by atoms with Crippen molar-refractivity contribution in [2.75, 3.05) is 5.32 Å². The van der Waals surface area contributed by atoms with Crippen molar-refractivity contribution in [1.29, 1.82) is 0 Å². The Balaban J connectivity index is 1.64. The fourth-order valence-electron chi connectivity index (χ4n) is 2.00. The fraction of sp³-hybridized carbons (Fsp3) is 0.250. The van der Waals surface area contributed by atoms with Gasteiger partial charge in [-0.15, -0.1) is 0 Å². The fourth-order valence-corrected chi connectivity index (χ4v) is 2.00. The van der Waals surface area contributed by atoms with Gasteiger partial charge in [-0.2, -0.15) is 0 Å². The third-order valence-corrected chi connectivity index (χ3v) is 3.25. The van der Waals surface area contributed by atoms with Crippen molar-refractivity contribution in [2.45, 2.75) is 25.4 Å². The molecule has 1 aliphatic carbocycles. The Morgan fingerprint density at radius 2 is 2.10 bits per heavy atom. The molecule has 1 aliphatic rings. The normalized spacial score (nSPS) is 14.0. The SMILES string of the molecule is O=C(Nc1cccc(CNC2CC2)c1)c1ccccn1. The molecule has 3 rings (SSSR count). The molecule has 0 saturated heterocycles. The Bertz CT molecular complexity index is 594. The van der Waals surface area contributed by atoms with E-state index in [1.54, 1.807) is 24.4 Å². The molecule has 0 unspecified atom stereocenters. The lowest BCUT2D eigenvalue weighted by molar-refractivity contribution is 0.102. The van der Waals surface area contributed by atoms with Crippen LogP contribution < -0.4 is 10.6 Å². The lowest BCUT2D eigenvalue weighted by Crippen LogP contribution is -2.16. The summed E-state index contributed by atoms with van der Waals surface area (Å²) in [4.78, 5) is 16.1. The van der Waals surface area contributed by atoms with Gasteiger partial charge in [0.1, 0.15) is 5.69 Å². The van der Waals surface area contributed by atoms with Gasteiger partial charge in [0.2, 0.25) is 0 Å². The molecule has 1 amide bonds. The van der Waals surface area contributed by atoms with Crippen LogP contribution in [0.15, 0.2) is 48.7 Å². The molecule has 1 saturated carbocycles. The second kappa shape index (κ2) is 5.84. The maximum Gasteiger partial charge on any atom is 0.274 e. The number of hydrogen-bond donors (Lipinski definition) is 2. The van der Waals surface area contributed by atoms with Crippen LogP contribution in [0.5, 0.6) is 0 Å². The van der Waals surface area contributed by atoms with Crippen LogP contribution in [0.2, 0.25) is 0 Å². The summed E-state index contributed by atoms with van der Waals surface area (Å²) in [6.45, 7) is 0.845. The minimum atomic E-state index is -0.182. The molecule has 1 fully saturated rings. The third kappa shape index (κ3) is 3.42. The van der Waals surface area contributed by atoms with E-state index in [2.05, 4.69) is 21.7 Å². The maximum atomic E-state index is 12.0. The van der Waals surface area contributed by atoms with Crippen molar-refractivity contribution in [1.82, 2.24) is 10.3 Å². The van der Waals surface area contributed by atoms with Gasteiger partial charge in [-0.1, -0.05) is 18.2 Å². The van der Waals surface area contributed by atoms with Crippen LogP contribution in [0.4, 0.5) is 5.69 Å². The lowest BCUT2D eigenvalue weighted by atomic mass is 10.2. The number of aromatic nitrogens is 1. The van der Waals surface area contributed by atoms with Gasteiger partial charge < -0.3 is 10.6 Å². The second-order valence-corrected chi connectivity index (χ2v) is 5.02. The van der Waals surface area contributed by atoms with Crippen molar-refractivity contribution < 1.29 is 4.79 Å². The highest BCUT2D eigenvalue weighted by atomic mass is 16.1. The molecule has 2 aromatic rings. The largest absolute Gasteiger partial charge is 0.321 e. The summed E-state index contributed by atoms with van der Waals surface area (Å²) in [5.74, 6) is -0.182. The van der Waals surface area contributed by atoms with E-state index in [0.717, 1.165) is 12.2 Å². The first-order valence-electron chi connectivity index (χ1n) is 6.86. The number of carbonyl (C=O) groups excluding carboxylic acids is 1. The van der Waals surface area contributed by atoms with Crippen molar-refractivity contribution in [3.05, 3.63) is 59.9 Å². The van der Waals surface area contributed by atoms with E-state index in [1.165, 1.54) is 18.4 Å². The highest BCUT2D eigenvalue weighted by Gasteiger charge is 2.19. The van der Waals surface area contributed by atoms with E-state index in [0.29, 0.717) is 11.7 Å². The first-order chi connectivity index (χ1) is 9.81. The summed E-state index contributed by atoms with van der Waals surface area (Å²) in [5.41, 5.74) is 2.40. The predicted octanol–water partition coefficient (Wildman–Crippen LogP) is 2.59. The van der Waals surface area contributed by atoms with Crippen molar-refractivity contribution in [2.24, 2.45) is 0 Å². The molecule has 1 aromatic carbocycles. The van der Waals surface area contributed by atoms with Gasteiger partial charge in [-0.25, -0.2) is 0 Å². The molecule has 4 heteroatoms. The molecule has 1 aromatic heterocycles. The molecular weight excluding hydrogens is 250 g/mol. The second-order valence-electron chi connectivity index (χ2n) is 5.02. The zero-order valence-electron chi connectivity index (χ0n) is 11.2. The van der Waals surface area contributed by atoms with Crippen molar-refractivity contribution >= 4 is 11.6 Å². The van der Waals surface area contributed by atoms with E-state index < -0.39 is 0 Å². The Labute approximate surface area is 118 Å². The van der Waals surface area contributed by atoms with Gasteiger partial charge in [-0.3, -0.25) is 9.78 Å². The van der Waals surface area contributed by atoms with Gasteiger partial charge >= 0.3 is 0 Å². The van der Waals surface area contributed by atoms with Crippen LogP contribution in [0.25, 0.3) is 0 Å². The van der Waals surface area contributed by atoms with Gasteiger partial charge in [0.25, 0.3) is 5.91 Å². The molecule has 0 radical (unpaired) electrons. The molecule has 102 valence electrons. The van der Waals surface area contributed by atoms with Gasteiger partial charge in [-0.05, 0) is 42.7 Å². The van der Waals surface area contributed by atoms with Crippen LogP contribution >= 0.6 is 0 Å². The highest BCUT2D eigenvalue weighted by molar-refractivity contribution is 6.02. The standard InChI is InChI=1S/C16H17N3O/c20-16(15-6-1-2-9-17-15)19-14-5-3-4-12(10-14)11-18-13-7-8-13/h1-6,9-10,13,18H,7-8,11H2,(H,19,20). The number of pyridine rings is 1. The van der Waals surface area contributed by atoms with Crippen LogP contribution in [0, 0.1) is 0 Å². The molecule has 0 bridgehead atoms. The molecular formula is C16H17N3O. The number of carbonyl (C=O) groups is 1. The molecule has 0 spiro atoms. The van der Waals surface area contributed by atoms with E-state index in [-0.39, 0.29) is 5.91 Å². The summed E-state index contributed by atoms with van der Waals surface area (Å²) in [6, 6.07) is 13.9. The van der Waals surface area contributed by atoms with E-state index >= 15 is 0 Å². The number of rotatable bonds is 5. The van der Waals surface area contributed by atoms with Crippen LogP contribution in [-0.4, -0.2) is 16.9 Å². The van der Waals surface area contributed by atoms with Crippen LogP contribution in [0.1, 0.15) is 28.9 Å². The molecule has 2 N–H and O–H groups in total. The van der Waals surface area contributed by atoms with Gasteiger partial charge in [0, 0.05) is 24.5 Å². The smallest absolute Gasteiger partial charge is 0.274 e. The molecule has 0 atom stereocenters. The number of amides is 1. The number of hydrogen-bond acceptors (Lipinski definition) is 3. The molecule has 20 heavy (non-hydrogen) atoms. The van der Waals surface area contributed by atoms with Crippen LogP contribution in [-0.2, 0) is 6.54 Å². The zero-order chi connectivity index (χ0) is 13.8. The Hall–Kier alpha value is -2.20. The maximum absolute atomic E-state index is 12.0. The predicted molar refractivity (Wildman–Crippen MR) is 78.5 cm³/mol. The minimum Gasteiger partial charge on any atom is -0.321 e. The first kappa shape index (κ1) is 12.8. The Kier molecular flexibility index (Phi) is 3.74. The van der Waals surface area contributed by atoms with E-state index in [4.69, 9.17) is 0 Å². The number of anilines is 1. The number of benzene rings is 1. The highest BCUT2D eigenvalue weighted by Crippen LogP contribution is 2.20. The van der Waals surface area contributed by atoms with Crippen molar-refractivity contribution in [3.8, 4) is 0 Å². The zero-order valence-corrected chi connectivity index (χ0v) is 11.2. The lowest BCUT2D eigenvalue weighted by Gasteiger charge is -2.08. The molecule has 1 heterocycles. The average molecular weight is 267 g/mol. The summed E-state index contributed by atoms with van der Waals surface area (Å²) in [7, 11) is 0. The molecule has 4 nitrogen and oxygen atoms in total. The first-order valence-corrected chi connectivity index (χ1v) is 6.86. The van der Waals surface area contributed by atoms with Gasteiger partial charge in [0.15, 0.2) is 0 Å². The number of nitrogens with one attached hydrogen (secondary N) is 2. The summed E-state index contributed by atoms with van der Waals surface area (Å²) >= 11 is 0. The van der Waals surface area contributed by atoms with Crippen molar-refractivity contribution in [3.63, 3.8) is 0 Å². The molecule has 0 aliphatic heterocycles. The third-order valence-electron chi connectivity index (χ3n) is 3.25. The van der Waals surface area contributed by atoms with E-state index in [1.807, 2.05) is 18.2 Å². The van der Waals surface area contributed by atoms with Gasteiger partial charge in [0.05, 0.1) is 0 Å². The summed E-state index contributed by atoms with van der Waals surface area (Å²) in [5, 5.41) is 6.33.